The van der Waals surface area contributed by atoms with Gasteiger partial charge in [0.15, 0.2) is 11.2 Å². The highest BCUT2D eigenvalue weighted by Crippen LogP contribution is 2.54. The highest BCUT2D eigenvalue weighted by Gasteiger charge is 2.53. The van der Waals surface area contributed by atoms with Gasteiger partial charge in [-0.25, -0.2) is 5.43 Å². The summed E-state index contributed by atoms with van der Waals surface area (Å²) in [5.74, 6) is -2.98. The number of amides is 1. The first kappa shape index (κ1) is 32.4. The number of carbonyl (C=O) groups excluding carboxylic acids is 1. The van der Waals surface area contributed by atoms with Crippen LogP contribution in [0.4, 0.5) is 0 Å². The number of aryl methyl sites for hydroxylation is 1. The molecule has 1 fully saturated rings. The highest BCUT2D eigenvalue weighted by molar-refractivity contribution is 9.09. The molecule has 1 aromatic carbocycles. The van der Waals surface area contributed by atoms with Gasteiger partial charge in [-0.2, -0.15) is 5.10 Å². The van der Waals surface area contributed by atoms with E-state index in [1.165, 1.54) is 12.3 Å². The zero-order chi connectivity index (χ0) is 35.1. The number of rotatable bonds is 5. The lowest BCUT2D eigenvalue weighted by molar-refractivity contribution is -0.122. The number of fused-ring (bicyclic) bond motifs is 4. The Labute approximate surface area is 282 Å². The lowest BCUT2D eigenvalue weighted by Gasteiger charge is -2.35. The number of likely N-dealkylation sites (N-methyl/N-ethyl adjacent to an activating group) is 1. The van der Waals surface area contributed by atoms with Crippen LogP contribution >= 0.6 is 15.9 Å². The number of alkyl halides is 1. The third-order valence-electron chi connectivity index (χ3n) is 9.69. The summed E-state index contributed by atoms with van der Waals surface area (Å²) in [4.78, 5) is 85.6. The van der Waals surface area contributed by atoms with Crippen LogP contribution in [-0.4, -0.2) is 87.5 Å². The molecule has 5 aliphatic rings. The van der Waals surface area contributed by atoms with Gasteiger partial charge in [0.05, 0.1) is 56.8 Å². The van der Waals surface area contributed by atoms with E-state index in [2.05, 4.69) is 36.3 Å². The number of hydrazone groups is 1. The minimum atomic E-state index is -2.00. The number of phenolic OH excluding ortho intramolecular Hbond substituents is 1. The Hall–Kier alpha value is -5.19. The van der Waals surface area contributed by atoms with E-state index in [1.54, 1.807) is 6.07 Å². The van der Waals surface area contributed by atoms with Gasteiger partial charge in [0.1, 0.15) is 22.7 Å². The van der Waals surface area contributed by atoms with E-state index in [4.69, 9.17) is 4.74 Å². The summed E-state index contributed by atoms with van der Waals surface area (Å²) in [6, 6.07) is 3.86. The maximum Gasteiger partial charge on any atom is 0.260 e. The second-order valence-electron chi connectivity index (χ2n) is 12.4. The van der Waals surface area contributed by atoms with Crippen molar-refractivity contribution in [1.29, 1.82) is 0 Å². The molecule has 1 amide bonds. The second-order valence-corrected chi connectivity index (χ2v) is 13.4. The fourth-order valence-electron chi connectivity index (χ4n) is 7.28. The van der Waals surface area contributed by atoms with Gasteiger partial charge in [0, 0.05) is 31.3 Å². The molecule has 1 unspecified atom stereocenters. The molecule has 7 rings (SSSR count). The van der Waals surface area contributed by atoms with Crippen LogP contribution in [0.2, 0.25) is 0 Å². The van der Waals surface area contributed by atoms with E-state index in [-0.39, 0.29) is 52.3 Å². The Morgan fingerprint density at radius 2 is 1.73 bits per heavy atom. The van der Waals surface area contributed by atoms with Gasteiger partial charge in [-0.3, -0.25) is 38.6 Å². The van der Waals surface area contributed by atoms with Gasteiger partial charge in [-0.05, 0) is 36.9 Å². The zero-order valence-corrected chi connectivity index (χ0v) is 27.6. The standard InChI is InChI=1S/C33H28BrN5O10/c1-38-5-6-39(11-18(38)34)12-19(41)37-35-10-15-8-14-7-13-3-4-33(25(13)29(45)20(14)32(48)36-15)30(46)23-24(31(33)47)28(44)22-21(27(23)43)16(40)9-17(49-2)26(22)42/h7-10,18,45-47H,3-6,11-12H2,1-2H3,(H,36,48)(H,37,41)/t18?,33-/m0/s1. The number of hydrogen-bond acceptors (Lipinski definition) is 13. The van der Waals surface area contributed by atoms with E-state index in [9.17, 15) is 44.1 Å². The predicted molar refractivity (Wildman–Crippen MR) is 181 cm³/mol. The average Bonchev–Trinajstić information content (AvgIpc) is 3.54. The maximum absolute atomic E-state index is 13.7. The number of piperazine rings is 1. The van der Waals surface area contributed by atoms with E-state index >= 15 is 0 Å². The van der Waals surface area contributed by atoms with Gasteiger partial charge >= 0.3 is 0 Å². The number of methoxy groups -OCH3 is 1. The topological polar surface area (TPSA) is 219 Å². The third-order valence-corrected chi connectivity index (χ3v) is 10.7. The van der Waals surface area contributed by atoms with Crippen LogP contribution in [0.25, 0.3) is 22.3 Å². The molecule has 0 radical (unpaired) electrons. The summed E-state index contributed by atoms with van der Waals surface area (Å²) in [6.07, 6.45) is 1.26. The molecular formula is C33H28BrN5O10. The number of hydrogen-bond donors (Lipinski definition) is 5. The summed E-state index contributed by atoms with van der Waals surface area (Å²) >= 11 is 3.56. The van der Waals surface area contributed by atoms with Gasteiger partial charge in [-0.1, -0.05) is 22.0 Å². The van der Waals surface area contributed by atoms with Gasteiger partial charge in [0.25, 0.3) is 11.5 Å². The van der Waals surface area contributed by atoms with Gasteiger partial charge < -0.3 is 25.0 Å². The van der Waals surface area contributed by atoms with Crippen molar-refractivity contribution in [2.24, 2.45) is 5.10 Å². The van der Waals surface area contributed by atoms with Crippen molar-refractivity contribution >= 4 is 50.3 Å². The summed E-state index contributed by atoms with van der Waals surface area (Å²) in [5, 5.41) is 36.0. The molecule has 1 spiro atoms. The molecular weight excluding hydrogens is 706 g/mol. The van der Waals surface area contributed by atoms with Crippen LogP contribution in [-0.2, 0) is 16.6 Å². The number of nitrogens with zero attached hydrogens (tertiary/aromatic N) is 3. The number of ether oxygens (including phenoxy) is 1. The Balaban J connectivity index is 1.30. The molecule has 2 heterocycles. The van der Waals surface area contributed by atoms with E-state index < -0.39 is 76.6 Å². The molecule has 1 aliphatic heterocycles. The fourth-order valence-corrected chi connectivity index (χ4v) is 7.89. The first-order valence-electron chi connectivity index (χ1n) is 15.2. The smallest absolute Gasteiger partial charge is 0.260 e. The molecule has 1 aromatic heterocycles. The van der Waals surface area contributed by atoms with Crippen molar-refractivity contribution in [3.63, 3.8) is 0 Å². The van der Waals surface area contributed by atoms with Gasteiger partial charge in [0.2, 0.25) is 16.3 Å². The molecule has 0 saturated carbocycles. The van der Waals surface area contributed by atoms with Crippen LogP contribution in [0.1, 0.15) is 23.2 Å². The summed E-state index contributed by atoms with van der Waals surface area (Å²) in [7, 11) is 3.10. The zero-order valence-electron chi connectivity index (χ0n) is 26.0. The van der Waals surface area contributed by atoms with Crippen molar-refractivity contribution in [2.75, 3.05) is 40.3 Å². The molecule has 15 nitrogen and oxygen atoms in total. The monoisotopic (exact) mass is 733 g/mol. The van der Waals surface area contributed by atoms with Gasteiger partial charge in [-0.15, -0.1) is 0 Å². The summed E-state index contributed by atoms with van der Waals surface area (Å²) in [5.41, 5.74) is -4.09. The number of carbonyl (C=O) groups is 1. The number of aromatic amines is 1. The number of benzene rings is 1. The number of aromatic nitrogens is 1. The molecule has 2 atom stereocenters. The summed E-state index contributed by atoms with van der Waals surface area (Å²) < 4.78 is 4.90. The van der Waals surface area contributed by atoms with Crippen LogP contribution < -0.4 is 47.9 Å². The Morgan fingerprint density at radius 3 is 2.41 bits per heavy atom. The Morgan fingerprint density at radius 1 is 1.04 bits per heavy atom. The fraction of sp³-hybridized carbons (Fsp3) is 0.303. The Kier molecular flexibility index (Phi) is 7.57. The second kappa shape index (κ2) is 11.5. The van der Waals surface area contributed by atoms with Crippen molar-refractivity contribution in [3.05, 3.63) is 107 Å². The molecule has 49 heavy (non-hydrogen) atoms. The number of nitrogens with one attached hydrogen (secondary N) is 2. The minimum Gasteiger partial charge on any atom is -0.510 e. The molecule has 5 N–H and O–H groups in total. The van der Waals surface area contributed by atoms with Crippen LogP contribution in [0.3, 0.4) is 0 Å². The number of halogens is 1. The Bertz CT molecular complexity index is 2650. The molecule has 16 heteroatoms. The minimum absolute atomic E-state index is 0.0925. The average molecular weight is 735 g/mol. The van der Waals surface area contributed by atoms with Crippen LogP contribution in [0.15, 0.2) is 47.3 Å². The molecule has 2 aromatic rings. The SMILES string of the molecule is COc1cc(=O)c2c(=O)c3c(c(=O)c=2c1=O)=C(O)[C@]1(CCc2cc4cc(C=NNC(=O)CN5CCN(C)C(Br)C5)[nH]c(=O)c4c(O)c21)C=3O. The maximum atomic E-state index is 13.7. The van der Waals surface area contributed by atoms with E-state index in [1.807, 2.05) is 11.9 Å². The van der Waals surface area contributed by atoms with E-state index in [0.717, 1.165) is 19.7 Å². The first-order chi connectivity index (χ1) is 23.3. The number of aromatic hydroxyl groups is 1. The number of aliphatic hydroxyl groups excluding tert-OH is 2. The van der Waals surface area contributed by atoms with Crippen LogP contribution in [0.5, 0.6) is 11.5 Å². The third kappa shape index (κ3) is 4.65. The lowest BCUT2D eigenvalue weighted by atomic mass is 9.78. The predicted octanol–water partition coefficient (Wildman–Crippen LogP) is -2.07. The van der Waals surface area contributed by atoms with Crippen molar-refractivity contribution in [3.8, 4) is 11.5 Å². The molecule has 252 valence electrons. The first-order valence-corrected chi connectivity index (χ1v) is 16.1. The molecule has 0 bridgehead atoms. The van der Waals surface area contributed by atoms with Crippen molar-refractivity contribution < 1.29 is 24.9 Å². The largest absolute Gasteiger partial charge is 0.510 e. The molecule has 4 aliphatic carbocycles. The van der Waals surface area contributed by atoms with Crippen LogP contribution in [0, 0.1) is 10.4 Å². The van der Waals surface area contributed by atoms with Crippen molar-refractivity contribution in [1.82, 2.24) is 20.2 Å². The van der Waals surface area contributed by atoms with Crippen molar-refractivity contribution in [2.45, 2.75) is 23.2 Å². The quantitative estimate of drug-likeness (QED) is 0.0647. The highest BCUT2D eigenvalue weighted by atomic mass is 79.9. The number of phenols is 1. The lowest BCUT2D eigenvalue weighted by Crippen LogP contribution is -2.51. The number of H-pyrrole nitrogens is 1. The number of pyridine rings is 1. The normalized spacial score (nSPS) is 20.9. The summed E-state index contributed by atoms with van der Waals surface area (Å²) in [6.45, 7) is 2.29. The van der Waals surface area contributed by atoms with E-state index in [0.29, 0.717) is 18.7 Å². The molecule has 1 saturated heterocycles. The number of aliphatic hydroxyl groups is 2.